The normalized spacial score (nSPS) is 19.9. The maximum atomic E-state index is 12.9. The van der Waals surface area contributed by atoms with Gasteiger partial charge < -0.3 is 21.1 Å². The molecule has 0 radical (unpaired) electrons. The zero-order valence-electron chi connectivity index (χ0n) is 15.7. The fourth-order valence-electron chi connectivity index (χ4n) is 2.84. The van der Waals surface area contributed by atoms with Gasteiger partial charge in [0.1, 0.15) is 11.6 Å². The molecule has 1 saturated heterocycles. The van der Waals surface area contributed by atoms with Gasteiger partial charge in [0.05, 0.1) is 0 Å². The average Bonchev–Trinajstić information content (AvgIpc) is 2.93. The maximum Gasteiger partial charge on any atom is 0.254 e. The highest BCUT2D eigenvalue weighted by atomic mass is 16.3. The summed E-state index contributed by atoms with van der Waals surface area (Å²) >= 11 is 0. The van der Waals surface area contributed by atoms with Crippen molar-refractivity contribution in [1.82, 2.24) is 10.2 Å². The number of benzene rings is 1. The standard InChI is InChI=1S/C20H27N3O3/c1-13(2)22-18(24)17-11-16(21)12-23(17)19(25)15-7-5-6-14(10-15)8-9-20(3,4)26/h5-7,10,13,16-17,26H,11-12,21H2,1-4H3,(H,22,24)/t16-,17-/m0/s1. The Bertz CT molecular complexity index is 741. The van der Waals surface area contributed by atoms with Crippen LogP contribution in [-0.2, 0) is 4.79 Å². The Labute approximate surface area is 154 Å². The maximum absolute atomic E-state index is 12.9. The van der Waals surface area contributed by atoms with Crippen molar-refractivity contribution in [1.29, 1.82) is 0 Å². The molecule has 0 spiro atoms. The molecular weight excluding hydrogens is 330 g/mol. The van der Waals surface area contributed by atoms with Crippen LogP contribution in [0.5, 0.6) is 0 Å². The molecule has 0 aliphatic carbocycles. The number of likely N-dealkylation sites (tertiary alicyclic amines) is 1. The Morgan fingerprint density at radius 3 is 2.69 bits per heavy atom. The quantitative estimate of drug-likeness (QED) is 0.700. The molecular formula is C20H27N3O3. The number of rotatable bonds is 3. The average molecular weight is 357 g/mol. The molecule has 0 bridgehead atoms. The molecule has 1 fully saturated rings. The molecule has 6 nitrogen and oxygen atoms in total. The SMILES string of the molecule is CC(C)NC(=O)[C@@H]1C[C@H](N)CN1C(=O)c1cccc(C#CC(C)(C)O)c1. The first-order valence-electron chi connectivity index (χ1n) is 8.79. The second-order valence-corrected chi connectivity index (χ2v) is 7.52. The van der Waals surface area contributed by atoms with Crippen molar-refractivity contribution in [3.05, 3.63) is 35.4 Å². The Balaban J connectivity index is 2.23. The monoisotopic (exact) mass is 357 g/mol. The lowest BCUT2D eigenvalue weighted by atomic mass is 10.1. The van der Waals surface area contributed by atoms with Crippen LogP contribution in [0.25, 0.3) is 0 Å². The molecule has 0 unspecified atom stereocenters. The molecule has 2 rings (SSSR count). The molecule has 2 atom stereocenters. The predicted molar refractivity (Wildman–Crippen MR) is 100 cm³/mol. The van der Waals surface area contributed by atoms with Crippen molar-refractivity contribution in [2.75, 3.05) is 6.54 Å². The van der Waals surface area contributed by atoms with Crippen LogP contribution in [0, 0.1) is 11.8 Å². The van der Waals surface area contributed by atoms with Crippen LogP contribution in [0.15, 0.2) is 24.3 Å². The van der Waals surface area contributed by atoms with E-state index in [1.54, 1.807) is 38.1 Å². The molecule has 1 aromatic carbocycles. The molecule has 1 heterocycles. The number of amides is 2. The van der Waals surface area contributed by atoms with Crippen LogP contribution in [0.1, 0.15) is 50.0 Å². The minimum absolute atomic E-state index is 0.00304. The van der Waals surface area contributed by atoms with Gasteiger partial charge in [-0.1, -0.05) is 17.9 Å². The van der Waals surface area contributed by atoms with Crippen LogP contribution in [-0.4, -0.2) is 52.1 Å². The Morgan fingerprint density at radius 2 is 2.08 bits per heavy atom. The second kappa shape index (κ2) is 7.90. The van der Waals surface area contributed by atoms with Gasteiger partial charge in [-0.3, -0.25) is 9.59 Å². The molecule has 1 aromatic rings. The predicted octanol–water partition coefficient (Wildman–Crippen LogP) is 0.875. The van der Waals surface area contributed by atoms with Crippen molar-refractivity contribution >= 4 is 11.8 Å². The van der Waals surface area contributed by atoms with Crippen molar-refractivity contribution in [2.45, 2.75) is 57.8 Å². The first kappa shape index (κ1) is 20.0. The van der Waals surface area contributed by atoms with E-state index in [1.807, 2.05) is 13.8 Å². The molecule has 26 heavy (non-hydrogen) atoms. The number of nitrogens with zero attached hydrogens (tertiary/aromatic N) is 1. The summed E-state index contributed by atoms with van der Waals surface area (Å²) in [7, 11) is 0. The summed E-state index contributed by atoms with van der Waals surface area (Å²) in [6.45, 7) is 7.29. The highest BCUT2D eigenvalue weighted by Gasteiger charge is 2.38. The largest absolute Gasteiger partial charge is 0.378 e. The van der Waals surface area contributed by atoms with E-state index in [-0.39, 0.29) is 23.9 Å². The second-order valence-electron chi connectivity index (χ2n) is 7.52. The summed E-state index contributed by atoms with van der Waals surface area (Å²) in [5.41, 5.74) is 5.97. The Morgan fingerprint density at radius 1 is 1.38 bits per heavy atom. The first-order chi connectivity index (χ1) is 12.1. The number of hydrogen-bond donors (Lipinski definition) is 3. The van der Waals surface area contributed by atoms with Gasteiger partial charge in [0.25, 0.3) is 5.91 Å². The van der Waals surface area contributed by atoms with E-state index in [0.717, 1.165) is 0 Å². The third kappa shape index (κ3) is 5.32. The smallest absolute Gasteiger partial charge is 0.254 e. The summed E-state index contributed by atoms with van der Waals surface area (Å²) in [5, 5.41) is 12.6. The van der Waals surface area contributed by atoms with E-state index in [9.17, 15) is 14.7 Å². The van der Waals surface area contributed by atoms with Crippen LogP contribution < -0.4 is 11.1 Å². The summed E-state index contributed by atoms with van der Waals surface area (Å²) in [5.74, 6) is 5.17. The number of nitrogens with two attached hydrogens (primary N) is 1. The number of nitrogens with one attached hydrogen (secondary N) is 1. The highest BCUT2D eigenvalue weighted by Crippen LogP contribution is 2.20. The molecule has 4 N–H and O–H groups in total. The first-order valence-corrected chi connectivity index (χ1v) is 8.79. The van der Waals surface area contributed by atoms with Crippen LogP contribution in [0.4, 0.5) is 0 Å². The van der Waals surface area contributed by atoms with Crippen LogP contribution in [0.3, 0.4) is 0 Å². The van der Waals surface area contributed by atoms with Crippen molar-refractivity contribution in [3.8, 4) is 11.8 Å². The van der Waals surface area contributed by atoms with Gasteiger partial charge in [0, 0.05) is 29.8 Å². The summed E-state index contributed by atoms with van der Waals surface area (Å²) in [6, 6.07) is 6.08. The van der Waals surface area contributed by atoms with E-state index >= 15 is 0 Å². The van der Waals surface area contributed by atoms with Crippen molar-refractivity contribution in [2.24, 2.45) is 5.73 Å². The Kier molecular flexibility index (Phi) is 6.06. The van der Waals surface area contributed by atoms with E-state index in [1.165, 1.54) is 4.90 Å². The lowest BCUT2D eigenvalue weighted by molar-refractivity contribution is -0.125. The Hall–Kier alpha value is -2.36. The van der Waals surface area contributed by atoms with E-state index < -0.39 is 11.6 Å². The molecule has 1 aliphatic heterocycles. The van der Waals surface area contributed by atoms with Gasteiger partial charge in [-0.25, -0.2) is 0 Å². The lowest BCUT2D eigenvalue weighted by Gasteiger charge is -2.24. The molecule has 6 heteroatoms. The van der Waals surface area contributed by atoms with Gasteiger partial charge in [-0.2, -0.15) is 0 Å². The fourth-order valence-corrected chi connectivity index (χ4v) is 2.84. The summed E-state index contributed by atoms with van der Waals surface area (Å²) in [6.07, 6.45) is 0.447. The summed E-state index contributed by atoms with van der Waals surface area (Å²) < 4.78 is 0. The summed E-state index contributed by atoms with van der Waals surface area (Å²) in [4.78, 5) is 26.9. The zero-order valence-corrected chi connectivity index (χ0v) is 15.7. The third-order valence-corrected chi connectivity index (χ3v) is 3.95. The number of carbonyl (C=O) groups excluding carboxylic acids is 2. The van der Waals surface area contributed by atoms with Gasteiger partial charge in [0.2, 0.25) is 5.91 Å². The highest BCUT2D eigenvalue weighted by molar-refractivity contribution is 5.98. The van der Waals surface area contributed by atoms with Gasteiger partial charge in [0.15, 0.2) is 0 Å². The van der Waals surface area contributed by atoms with Gasteiger partial charge in [-0.15, -0.1) is 0 Å². The number of hydrogen-bond acceptors (Lipinski definition) is 4. The molecule has 1 aliphatic rings. The van der Waals surface area contributed by atoms with E-state index in [0.29, 0.717) is 24.1 Å². The minimum Gasteiger partial charge on any atom is -0.378 e. The topological polar surface area (TPSA) is 95.7 Å². The third-order valence-electron chi connectivity index (χ3n) is 3.95. The fraction of sp³-hybridized carbons (Fsp3) is 0.500. The molecule has 0 saturated carbocycles. The van der Waals surface area contributed by atoms with E-state index in [2.05, 4.69) is 17.2 Å². The molecule has 2 amide bonds. The van der Waals surface area contributed by atoms with Gasteiger partial charge in [-0.05, 0) is 52.3 Å². The molecule has 0 aromatic heterocycles. The van der Waals surface area contributed by atoms with Crippen LogP contribution in [0.2, 0.25) is 0 Å². The van der Waals surface area contributed by atoms with Crippen LogP contribution >= 0.6 is 0 Å². The van der Waals surface area contributed by atoms with Crippen molar-refractivity contribution < 1.29 is 14.7 Å². The van der Waals surface area contributed by atoms with Crippen molar-refractivity contribution in [3.63, 3.8) is 0 Å². The minimum atomic E-state index is -1.11. The number of aliphatic hydroxyl groups is 1. The van der Waals surface area contributed by atoms with Gasteiger partial charge >= 0.3 is 0 Å². The number of carbonyl (C=O) groups is 2. The lowest BCUT2D eigenvalue weighted by Crippen LogP contribution is -2.47. The zero-order chi connectivity index (χ0) is 19.5. The molecule has 140 valence electrons. The van der Waals surface area contributed by atoms with E-state index in [4.69, 9.17) is 5.73 Å².